The van der Waals surface area contributed by atoms with Crippen molar-refractivity contribution in [2.45, 2.75) is 18.8 Å². The largest absolute Gasteiger partial charge is 0.465 e. The van der Waals surface area contributed by atoms with E-state index in [1.54, 1.807) is 0 Å². The lowest BCUT2D eigenvalue weighted by Gasteiger charge is -2.12. The summed E-state index contributed by atoms with van der Waals surface area (Å²) in [4.78, 5) is 9.83. The molecule has 0 aromatic carbocycles. The maximum atomic E-state index is 9.97. The van der Waals surface area contributed by atoms with Crippen molar-refractivity contribution in [1.82, 2.24) is 5.32 Å². The van der Waals surface area contributed by atoms with Gasteiger partial charge in [-0.05, 0) is 5.92 Å². The molecule has 62 valence electrons. The van der Waals surface area contributed by atoms with Crippen LogP contribution in [-0.2, 0) is 0 Å². The highest BCUT2D eigenvalue weighted by atomic mass is 79.9. The van der Waals surface area contributed by atoms with E-state index in [9.17, 15) is 4.79 Å². The molecule has 1 amide bonds. The van der Waals surface area contributed by atoms with Crippen LogP contribution in [-0.4, -0.2) is 16.2 Å². The second-order valence-corrected chi connectivity index (χ2v) is 3.08. The minimum absolute atomic E-state index is 0. The van der Waals surface area contributed by atoms with Crippen LogP contribution in [0.3, 0.4) is 0 Å². The molecule has 2 N–H and O–H groups in total. The average molecular weight is 277 g/mol. The summed E-state index contributed by atoms with van der Waals surface area (Å²) in [5.74, 6) is 0.279. The highest BCUT2D eigenvalue weighted by Gasteiger charge is 2.09. The van der Waals surface area contributed by atoms with Crippen molar-refractivity contribution in [1.29, 1.82) is 0 Å². The van der Waals surface area contributed by atoms with Crippen molar-refractivity contribution >= 4 is 39.0 Å². The van der Waals surface area contributed by atoms with Gasteiger partial charge in [0.2, 0.25) is 0 Å². The van der Waals surface area contributed by atoms with Crippen LogP contribution in [0.2, 0.25) is 0 Å². The van der Waals surface area contributed by atoms with Gasteiger partial charge >= 0.3 is 6.09 Å². The Morgan fingerprint density at radius 3 is 2.10 bits per heavy atom. The Labute approximate surface area is 79.1 Å². The summed E-state index contributed by atoms with van der Waals surface area (Å²) in [5, 5.41) is 10.5. The van der Waals surface area contributed by atoms with Crippen LogP contribution in [0.15, 0.2) is 0 Å². The number of nitrogens with one attached hydrogen (secondary N) is 1. The van der Waals surface area contributed by atoms with E-state index in [-0.39, 0.29) is 27.9 Å². The first-order chi connectivity index (χ1) is 4.04. The number of amides is 1. The van der Waals surface area contributed by atoms with Crippen LogP contribution in [0, 0.1) is 5.92 Å². The predicted molar refractivity (Wildman–Crippen MR) is 49.0 cm³/mol. The molecule has 1 atom stereocenters. The van der Waals surface area contributed by atoms with Gasteiger partial charge in [-0.1, -0.05) is 29.8 Å². The molecule has 0 saturated heterocycles. The third-order valence-corrected chi connectivity index (χ3v) is 2.13. The van der Waals surface area contributed by atoms with Gasteiger partial charge in [0.15, 0.2) is 0 Å². The molecule has 0 spiro atoms. The van der Waals surface area contributed by atoms with Crippen LogP contribution in [0.4, 0.5) is 4.79 Å². The van der Waals surface area contributed by atoms with Crippen molar-refractivity contribution in [3.63, 3.8) is 0 Å². The van der Waals surface area contributed by atoms with E-state index < -0.39 is 6.09 Å². The monoisotopic (exact) mass is 275 g/mol. The second kappa shape index (κ2) is 5.97. The average Bonchev–Trinajstić information content (AvgIpc) is 1.63. The lowest BCUT2D eigenvalue weighted by Crippen LogP contribution is -2.32. The SMILES string of the molecule is Br.CC(C)C(Br)NC(=O)O. The molecule has 0 rings (SSSR count). The fourth-order valence-corrected chi connectivity index (χ4v) is 0.480. The Morgan fingerprint density at radius 2 is 2.00 bits per heavy atom. The summed E-state index contributed by atoms with van der Waals surface area (Å²) >= 11 is 3.15. The second-order valence-electron chi connectivity index (χ2n) is 2.10. The Balaban J connectivity index is 0. The summed E-state index contributed by atoms with van der Waals surface area (Å²) in [7, 11) is 0. The van der Waals surface area contributed by atoms with Crippen LogP contribution >= 0.6 is 32.9 Å². The van der Waals surface area contributed by atoms with Gasteiger partial charge in [-0.3, -0.25) is 0 Å². The Bertz CT molecular complexity index is 108. The number of hydrogen-bond acceptors (Lipinski definition) is 1. The standard InChI is InChI=1S/C5H10BrNO2.BrH/c1-3(2)4(6)7-5(8)9;/h3-4,7H,1-2H3,(H,8,9);1H. The molecular formula is C5H11Br2NO2. The third-order valence-electron chi connectivity index (χ3n) is 0.847. The van der Waals surface area contributed by atoms with E-state index >= 15 is 0 Å². The number of hydrogen-bond donors (Lipinski definition) is 2. The molecule has 0 radical (unpaired) electrons. The number of halogens is 2. The van der Waals surface area contributed by atoms with E-state index in [4.69, 9.17) is 5.11 Å². The van der Waals surface area contributed by atoms with Gasteiger partial charge in [0, 0.05) is 0 Å². The molecule has 5 heteroatoms. The van der Waals surface area contributed by atoms with E-state index in [2.05, 4.69) is 21.2 Å². The van der Waals surface area contributed by atoms with E-state index in [1.165, 1.54) is 0 Å². The first-order valence-corrected chi connectivity index (χ1v) is 3.59. The first kappa shape index (κ1) is 12.9. The normalized spacial score (nSPS) is 12.0. The fraction of sp³-hybridized carbons (Fsp3) is 0.800. The van der Waals surface area contributed by atoms with Gasteiger partial charge in [0.25, 0.3) is 0 Å². The van der Waals surface area contributed by atoms with Gasteiger partial charge in [-0.15, -0.1) is 17.0 Å². The quantitative estimate of drug-likeness (QED) is 0.600. The fourth-order valence-electron chi connectivity index (χ4n) is 0.285. The molecule has 0 aromatic heterocycles. The summed E-state index contributed by atoms with van der Waals surface area (Å²) in [6.45, 7) is 3.85. The number of carboxylic acid groups (broad SMARTS) is 1. The van der Waals surface area contributed by atoms with Crippen LogP contribution < -0.4 is 5.32 Å². The Morgan fingerprint density at radius 1 is 1.60 bits per heavy atom. The van der Waals surface area contributed by atoms with Crippen LogP contribution in [0.1, 0.15) is 13.8 Å². The van der Waals surface area contributed by atoms with Crippen LogP contribution in [0.5, 0.6) is 0 Å². The highest BCUT2D eigenvalue weighted by Crippen LogP contribution is 2.07. The molecule has 3 nitrogen and oxygen atoms in total. The summed E-state index contributed by atoms with van der Waals surface area (Å²) < 4.78 is 0. The van der Waals surface area contributed by atoms with Gasteiger partial charge in [-0.25, -0.2) is 4.79 Å². The van der Waals surface area contributed by atoms with E-state index in [1.807, 2.05) is 13.8 Å². The minimum atomic E-state index is -0.995. The van der Waals surface area contributed by atoms with Crippen molar-refractivity contribution in [2.24, 2.45) is 5.92 Å². The summed E-state index contributed by atoms with van der Waals surface area (Å²) in [6, 6.07) is 0. The predicted octanol–water partition coefficient (Wildman–Crippen LogP) is 2.21. The van der Waals surface area contributed by atoms with Crippen molar-refractivity contribution in [3.05, 3.63) is 0 Å². The molecule has 0 bridgehead atoms. The number of carbonyl (C=O) groups is 1. The minimum Gasteiger partial charge on any atom is -0.465 e. The molecule has 0 saturated carbocycles. The molecule has 0 heterocycles. The molecule has 0 aliphatic heterocycles. The maximum Gasteiger partial charge on any atom is 0.405 e. The van der Waals surface area contributed by atoms with Gasteiger partial charge < -0.3 is 10.4 Å². The lowest BCUT2D eigenvalue weighted by atomic mass is 10.2. The van der Waals surface area contributed by atoms with Crippen molar-refractivity contribution < 1.29 is 9.90 Å². The third kappa shape index (κ3) is 6.35. The summed E-state index contributed by atoms with van der Waals surface area (Å²) in [6.07, 6.45) is -0.995. The van der Waals surface area contributed by atoms with Gasteiger partial charge in [-0.2, -0.15) is 0 Å². The van der Waals surface area contributed by atoms with E-state index in [0.29, 0.717) is 0 Å². The lowest BCUT2D eigenvalue weighted by molar-refractivity contribution is 0.192. The molecule has 0 aliphatic carbocycles. The zero-order chi connectivity index (χ0) is 7.44. The number of rotatable bonds is 2. The molecule has 0 fully saturated rings. The molecule has 0 aromatic rings. The smallest absolute Gasteiger partial charge is 0.405 e. The zero-order valence-corrected chi connectivity index (χ0v) is 9.10. The Hall–Kier alpha value is 0.230. The van der Waals surface area contributed by atoms with Gasteiger partial charge in [0.05, 0.1) is 4.95 Å². The van der Waals surface area contributed by atoms with E-state index in [0.717, 1.165) is 0 Å². The Kier molecular flexibility index (Phi) is 7.69. The zero-order valence-electron chi connectivity index (χ0n) is 5.80. The van der Waals surface area contributed by atoms with Crippen molar-refractivity contribution in [3.8, 4) is 0 Å². The van der Waals surface area contributed by atoms with Gasteiger partial charge in [0.1, 0.15) is 0 Å². The maximum absolute atomic E-state index is 9.97. The topological polar surface area (TPSA) is 49.3 Å². The molecule has 0 aliphatic rings. The first-order valence-electron chi connectivity index (χ1n) is 2.67. The molecular weight excluding hydrogens is 266 g/mol. The number of alkyl halides is 1. The van der Waals surface area contributed by atoms with Crippen LogP contribution in [0.25, 0.3) is 0 Å². The summed E-state index contributed by atoms with van der Waals surface area (Å²) in [5.41, 5.74) is 0. The molecule has 10 heavy (non-hydrogen) atoms. The highest BCUT2D eigenvalue weighted by molar-refractivity contribution is 9.09. The van der Waals surface area contributed by atoms with Crippen molar-refractivity contribution in [2.75, 3.05) is 0 Å². The molecule has 1 unspecified atom stereocenters.